The Morgan fingerprint density at radius 2 is 2.09 bits per heavy atom. The van der Waals surface area contributed by atoms with Crippen LogP contribution in [0.5, 0.6) is 0 Å². The first kappa shape index (κ1) is 15.9. The molecule has 1 aliphatic heterocycles. The summed E-state index contributed by atoms with van der Waals surface area (Å²) in [5.41, 5.74) is 0.295. The van der Waals surface area contributed by atoms with Gasteiger partial charge in [-0.05, 0) is 25.0 Å². The molecule has 1 amide bonds. The van der Waals surface area contributed by atoms with E-state index in [0.29, 0.717) is 18.7 Å². The third-order valence-corrected chi connectivity index (χ3v) is 3.49. The molecular formula is C14H16N2O6. The van der Waals surface area contributed by atoms with Gasteiger partial charge in [0.05, 0.1) is 23.4 Å². The molecule has 0 aliphatic carbocycles. The van der Waals surface area contributed by atoms with Gasteiger partial charge in [0.15, 0.2) is 0 Å². The van der Waals surface area contributed by atoms with Crippen molar-refractivity contribution in [3.63, 3.8) is 0 Å². The van der Waals surface area contributed by atoms with Crippen molar-refractivity contribution in [1.29, 1.82) is 0 Å². The summed E-state index contributed by atoms with van der Waals surface area (Å²) in [5.74, 6) is -2.31. The number of nitro groups is 1. The van der Waals surface area contributed by atoms with Gasteiger partial charge in [0.25, 0.3) is 5.69 Å². The fourth-order valence-electron chi connectivity index (χ4n) is 2.40. The molecule has 2 atom stereocenters. The van der Waals surface area contributed by atoms with Gasteiger partial charge >= 0.3 is 5.97 Å². The summed E-state index contributed by atoms with van der Waals surface area (Å²) in [6.07, 6.45) is 0.718. The summed E-state index contributed by atoms with van der Waals surface area (Å²) < 4.78 is 5.41. The highest BCUT2D eigenvalue weighted by Gasteiger charge is 2.33. The van der Waals surface area contributed by atoms with Crippen LogP contribution in [-0.4, -0.2) is 34.6 Å². The van der Waals surface area contributed by atoms with Gasteiger partial charge in [-0.3, -0.25) is 19.7 Å². The van der Waals surface area contributed by atoms with E-state index in [9.17, 15) is 19.7 Å². The average molecular weight is 308 g/mol. The van der Waals surface area contributed by atoms with Crippen LogP contribution in [0.4, 0.5) is 11.4 Å². The van der Waals surface area contributed by atoms with E-state index in [-0.39, 0.29) is 12.1 Å². The van der Waals surface area contributed by atoms with Crippen LogP contribution in [-0.2, 0) is 14.3 Å². The molecule has 2 N–H and O–H groups in total. The first-order valence-corrected chi connectivity index (χ1v) is 6.86. The lowest BCUT2D eigenvalue weighted by atomic mass is 9.95. The zero-order chi connectivity index (χ0) is 16.1. The molecule has 0 aromatic heterocycles. The number of benzene rings is 1. The number of non-ortho nitro benzene ring substituents is 1. The summed E-state index contributed by atoms with van der Waals surface area (Å²) in [4.78, 5) is 33.2. The van der Waals surface area contributed by atoms with Gasteiger partial charge in [-0.2, -0.15) is 0 Å². The third kappa shape index (κ3) is 4.01. The van der Waals surface area contributed by atoms with Crippen molar-refractivity contribution in [3.8, 4) is 0 Å². The first-order chi connectivity index (χ1) is 10.5. The Kier molecular flexibility index (Phi) is 5.05. The summed E-state index contributed by atoms with van der Waals surface area (Å²) in [7, 11) is 0. The molecule has 0 saturated carbocycles. The summed E-state index contributed by atoms with van der Waals surface area (Å²) in [6, 6.07) is 5.36. The molecule has 1 aromatic carbocycles. The highest BCUT2D eigenvalue weighted by Crippen LogP contribution is 2.25. The normalized spacial score (nSPS) is 18.6. The van der Waals surface area contributed by atoms with Crippen molar-refractivity contribution < 1.29 is 24.4 Å². The molecular weight excluding hydrogens is 292 g/mol. The molecule has 118 valence electrons. The van der Waals surface area contributed by atoms with Gasteiger partial charge in [0.1, 0.15) is 0 Å². The molecule has 8 nitrogen and oxygen atoms in total. The third-order valence-electron chi connectivity index (χ3n) is 3.49. The van der Waals surface area contributed by atoms with Crippen LogP contribution in [0.2, 0.25) is 0 Å². The zero-order valence-electron chi connectivity index (χ0n) is 11.7. The highest BCUT2D eigenvalue weighted by molar-refractivity contribution is 5.94. The fraction of sp³-hybridized carbons (Fsp3) is 0.429. The molecule has 1 aromatic rings. The predicted octanol–water partition coefficient (Wildman–Crippen LogP) is 1.80. The van der Waals surface area contributed by atoms with Crippen molar-refractivity contribution in [3.05, 3.63) is 34.4 Å². The van der Waals surface area contributed by atoms with Crippen LogP contribution >= 0.6 is 0 Å². The van der Waals surface area contributed by atoms with E-state index in [1.54, 1.807) is 0 Å². The second-order valence-electron chi connectivity index (χ2n) is 5.05. The number of ether oxygens (including phenoxy) is 1. The van der Waals surface area contributed by atoms with E-state index in [1.165, 1.54) is 24.3 Å². The first-order valence-electron chi connectivity index (χ1n) is 6.86. The summed E-state index contributed by atoms with van der Waals surface area (Å²) in [6.45, 7) is 0.519. The maximum absolute atomic E-state index is 12.3. The fourth-order valence-corrected chi connectivity index (χ4v) is 2.40. The van der Waals surface area contributed by atoms with E-state index >= 15 is 0 Å². The Morgan fingerprint density at radius 3 is 2.59 bits per heavy atom. The van der Waals surface area contributed by atoms with Gasteiger partial charge in [-0.1, -0.05) is 0 Å². The minimum atomic E-state index is -1.07. The molecule has 0 bridgehead atoms. The minimum Gasteiger partial charge on any atom is -0.481 e. The van der Waals surface area contributed by atoms with Crippen LogP contribution in [0.25, 0.3) is 0 Å². The molecule has 1 heterocycles. The topological polar surface area (TPSA) is 119 Å². The Balaban J connectivity index is 2.06. The van der Waals surface area contributed by atoms with Crippen LogP contribution < -0.4 is 5.32 Å². The molecule has 0 unspecified atom stereocenters. The number of rotatable bonds is 6. The molecule has 22 heavy (non-hydrogen) atoms. The Labute approximate surface area is 126 Å². The van der Waals surface area contributed by atoms with E-state index in [0.717, 1.165) is 6.42 Å². The number of aliphatic carboxylic acids is 1. The second-order valence-corrected chi connectivity index (χ2v) is 5.05. The van der Waals surface area contributed by atoms with Crippen molar-refractivity contribution in [1.82, 2.24) is 0 Å². The summed E-state index contributed by atoms with van der Waals surface area (Å²) >= 11 is 0. The van der Waals surface area contributed by atoms with Crippen molar-refractivity contribution >= 4 is 23.3 Å². The average Bonchev–Trinajstić information content (AvgIpc) is 2.99. The SMILES string of the molecule is O=C(O)C[C@H](C(=O)Nc1ccc([N+](=O)[O-])cc1)[C@H]1CCCO1. The highest BCUT2D eigenvalue weighted by atomic mass is 16.6. The Morgan fingerprint density at radius 1 is 1.41 bits per heavy atom. The largest absolute Gasteiger partial charge is 0.481 e. The van der Waals surface area contributed by atoms with Crippen molar-refractivity contribution in [2.24, 2.45) is 5.92 Å². The Hall–Kier alpha value is -2.48. The van der Waals surface area contributed by atoms with Gasteiger partial charge in [0, 0.05) is 24.4 Å². The van der Waals surface area contributed by atoms with E-state index in [4.69, 9.17) is 9.84 Å². The maximum Gasteiger partial charge on any atom is 0.304 e. The molecule has 0 radical (unpaired) electrons. The van der Waals surface area contributed by atoms with Gasteiger partial charge in [-0.15, -0.1) is 0 Å². The second kappa shape index (κ2) is 6.99. The molecule has 1 fully saturated rings. The molecule has 2 rings (SSSR count). The van der Waals surface area contributed by atoms with Gasteiger partial charge in [0.2, 0.25) is 5.91 Å². The number of hydrogen-bond donors (Lipinski definition) is 2. The van der Waals surface area contributed by atoms with E-state index < -0.39 is 28.8 Å². The van der Waals surface area contributed by atoms with Crippen molar-refractivity contribution in [2.75, 3.05) is 11.9 Å². The predicted molar refractivity (Wildman–Crippen MR) is 76.4 cm³/mol. The number of carbonyl (C=O) groups is 2. The number of nitro benzene ring substituents is 1. The van der Waals surface area contributed by atoms with Crippen LogP contribution in [0.1, 0.15) is 19.3 Å². The lowest BCUT2D eigenvalue weighted by Crippen LogP contribution is -2.34. The smallest absolute Gasteiger partial charge is 0.304 e. The zero-order valence-corrected chi connectivity index (χ0v) is 11.7. The monoisotopic (exact) mass is 308 g/mol. The number of nitrogens with one attached hydrogen (secondary N) is 1. The minimum absolute atomic E-state index is 0.0841. The van der Waals surface area contributed by atoms with Gasteiger partial charge in [-0.25, -0.2) is 0 Å². The molecule has 8 heteroatoms. The van der Waals surface area contributed by atoms with E-state index in [1.807, 2.05) is 0 Å². The van der Waals surface area contributed by atoms with Crippen LogP contribution in [0, 0.1) is 16.0 Å². The van der Waals surface area contributed by atoms with Gasteiger partial charge < -0.3 is 15.2 Å². The summed E-state index contributed by atoms with van der Waals surface area (Å²) in [5, 5.41) is 22.1. The molecule has 1 saturated heterocycles. The van der Waals surface area contributed by atoms with E-state index in [2.05, 4.69) is 5.32 Å². The number of amides is 1. The standard InChI is InChI=1S/C14H16N2O6/c17-13(18)8-11(12-2-1-7-22-12)14(19)15-9-3-5-10(6-4-9)16(20)21/h3-6,11-12H,1-2,7-8H2,(H,15,19)(H,17,18)/t11-,12+/m0/s1. The van der Waals surface area contributed by atoms with Crippen LogP contribution in [0.3, 0.4) is 0 Å². The number of carbonyl (C=O) groups excluding carboxylic acids is 1. The quantitative estimate of drug-likeness (QED) is 0.611. The van der Waals surface area contributed by atoms with Crippen LogP contribution in [0.15, 0.2) is 24.3 Å². The lowest BCUT2D eigenvalue weighted by Gasteiger charge is -2.20. The Bertz CT molecular complexity index is 565. The number of anilines is 1. The molecule has 0 spiro atoms. The number of carboxylic acids is 1. The lowest BCUT2D eigenvalue weighted by molar-refractivity contribution is -0.384. The molecule has 1 aliphatic rings. The number of carboxylic acid groups (broad SMARTS) is 1. The number of nitrogens with zero attached hydrogens (tertiary/aromatic N) is 1. The number of hydrogen-bond acceptors (Lipinski definition) is 5. The van der Waals surface area contributed by atoms with Crippen molar-refractivity contribution in [2.45, 2.75) is 25.4 Å². The maximum atomic E-state index is 12.3.